The van der Waals surface area contributed by atoms with E-state index >= 15 is 0 Å². The van der Waals surface area contributed by atoms with Crippen LogP contribution in [0.2, 0.25) is 5.02 Å². The summed E-state index contributed by atoms with van der Waals surface area (Å²) >= 11 is 5.67. The van der Waals surface area contributed by atoms with Crippen LogP contribution < -0.4 is 4.72 Å². The van der Waals surface area contributed by atoms with Gasteiger partial charge in [-0.15, -0.1) is 0 Å². The van der Waals surface area contributed by atoms with Crippen LogP contribution in [0.25, 0.3) is 0 Å². The predicted octanol–water partition coefficient (Wildman–Crippen LogP) is 3.29. The van der Waals surface area contributed by atoms with Gasteiger partial charge in [0.15, 0.2) is 0 Å². The number of phenolic OH excluding ortho intramolecular Hbond substituents is 1. The number of halogens is 2. The van der Waals surface area contributed by atoms with E-state index in [0.29, 0.717) is 0 Å². The van der Waals surface area contributed by atoms with Crippen molar-refractivity contribution >= 4 is 27.3 Å². The van der Waals surface area contributed by atoms with Crippen LogP contribution in [-0.4, -0.2) is 13.5 Å². The third-order valence-electron chi connectivity index (χ3n) is 2.63. The van der Waals surface area contributed by atoms with Crippen LogP contribution in [0.1, 0.15) is 5.56 Å². The Morgan fingerprint density at radius 2 is 1.90 bits per heavy atom. The van der Waals surface area contributed by atoms with Crippen molar-refractivity contribution in [1.29, 1.82) is 0 Å². The summed E-state index contributed by atoms with van der Waals surface area (Å²) in [6.07, 6.45) is 0. The van der Waals surface area contributed by atoms with E-state index < -0.39 is 15.8 Å². The molecule has 0 atom stereocenters. The quantitative estimate of drug-likeness (QED) is 0.854. The van der Waals surface area contributed by atoms with Crippen molar-refractivity contribution in [3.8, 4) is 5.75 Å². The summed E-state index contributed by atoms with van der Waals surface area (Å²) in [5.74, 6) is -0.809. The highest BCUT2D eigenvalue weighted by Crippen LogP contribution is 2.29. The Morgan fingerprint density at radius 3 is 2.50 bits per heavy atom. The molecule has 0 aliphatic carbocycles. The highest BCUT2D eigenvalue weighted by atomic mass is 35.5. The van der Waals surface area contributed by atoms with E-state index in [9.17, 15) is 17.9 Å². The molecule has 0 fully saturated rings. The van der Waals surface area contributed by atoms with E-state index in [1.165, 1.54) is 31.2 Å². The fraction of sp³-hybridized carbons (Fsp3) is 0.0769. The van der Waals surface area contributed by atoms with Crippen LogP contribution in [0.4, 0.5) is 10.1 Å². The van der Waals surface area contributed by atoms with Gasteiger partial charge in [-0.1, -0.05) is 11.6 Å². The van der Waals surface area contributed by atoms with Gasteiger partial charge < -0.3 is 5.11 Å². The monoisotopic (exact) mass is 315 g/mol. The lowest BCUT2D eigenvalue weighted by Gasteiger charge is -2.11. The minimum atomic E-state index is -3.92. The van der Waals surface area contributed by atoms with Gasteiger partial charge in [-0.2, -0.15) is 0 Å². The SMILES string of the molecule is Cc1cc(F)ccc1S(=O)(=O)Nc1ccc(Cl)cc1O. The smallest absolute Gasteiger partial charge is 0.262 e. The lowest BCUT2D eigenvalue weighted by molar-refractivity contribution is 0.477. The van der Waals surface area contributed by atoms with Crippen molar-refractivity contribution in [1.82, 2.24) is 0 Å². The molecular formula is C13H11ClFNO3S. The third-order valence-corrected chi connectivity index (χ3v) is 4.39. The fourth-order valence-corrected chi connectivity index (χ4v) is 3.17. The molecule has 4 nitrogen and oxygen atoms in total. The maximum absolute atomic E-state index is 13.0. The molecule has 2 aromatic carbocycles. The van der Waals surface area contributed by atoms with Crippen molar-refractivity contribution in [2.24, 2.45) is 0 Å². The maximum Gasteiger partial charge on any atom is 0.262 e. The Kier molecular flexibility index (Phi) is 3.87. The van der Waals surface area contributed by atoms with E-state index in [0.717, 1.165) is 12.1 Å². The molecule has 7 heteroatoms. The zero-order chi connectivity index (χ0) is 14.9. The van der Waals surface area contributed by atoms with Crippen LogP contribution in [-0.2, 0) is 10.0 Å². The van der Waals surface area contributed by atoms with Crippen molar-refractivity contribution in [2.75, 3.05) is 4.72 Å². The molecule has 0 radical (unpaired) electrons. The Hall–Kier alpha value is -1.79. The second-order valence-electron chi connectivity index (χ2n) is 4.18. The van der Waals surface area contributed by atoms with E-state index in [1.807, 2.05) is 0 Å². The highest BCUT2D eigenvalue weighted by molar-refractivity contribution is 7.92. The number of nitrogens with one attached hydrogen (secondary N) is 1. The van der Waals surface area contributed by atoms with Crippen LogP contribution in [0.3, 0.4) is 0 Å². The Bertz CT molecular complexity index is 762. The van der Waals surface area contributed by atoms with Crippen LogP contribution >= 0.6 is 11.6 Å². The molecule has 2 rings (SSSR count). The third kappa shape index (κ3) is 3.02. The summed E-state index contributed by atoms with van der Waals surface area (Å²) in [6.45, 7) is 1.49. The minimum Gasteiger partial charge on any atom is -0.506 e. The number of rotatable bonds is 3. The molecule has 0 aliphatic heterocycles. The van der Waals surface area contributed by atoms with Gasteiger partial charge in [-0.3, -0.25) is 4.72 Å². The minimum absolute atomic E-state index is 0.00174. The Labute approximate surface area is 120 Å². The van der Waals surface area contributed by atoms with Gasteiger partial charge in [-0.25, -0.2) is 12.8 Å². The Balaban J connectivity index is 2.41. The first kappa shape index (κ1) is 14.6. The topological polar surface area (TPSA) is 66.4 Å². The number of hydrogen-bond donors (Lipinski definition) is 2. The first-order valence-corrected chi connectivity index (χ1v) is 7.43. The molecule has 0 saturated heterocycles. The van der Waals surface area contributed by atoms with Gasteiger partial charge in [0.25, 0.3) is 10.0 Å². The van der Waals surface area contributed by atoms with Crippen LogP contribution in [0, 0.1) is 12.7 Å². The molecule has 0 aliphatic rings. The number of aromatic hydroxyl groups is 1. The normalized spacial score (nSPS) is 11.3. The summed E-state index contributed by atoms with van der Waals surface area (Å²) in [6, 6.07) is 7.35. The molecule has 2 N–H and O–H groups in total. The molecule has 106 valence electrons. The number of benzene rings is 2. The number of hydrogen-bond acceptors (Lipinski definition) is 3. The van der Waals surface area contributed by atoms with Gasteiger partial charge in [0.05, 0.1) is 10.6 Å². The molecule has 0 unspecified atom stereocenters. The van der Waals surface area contributed by atoms with E-state index in [1.54, 1.807) is 0 Å². The zero-order valence-corrected chi connectivity index (χ0v) is 12.0. The molecule has 0 heterocycles. The van der Waals surface area contributed by atoms with Crippen molar-refractivity contribution in [3.05, 3.63) is 52.8 Å². The number of aryl methyl sites for hydroxylation is 1. The zero-order valence-electron chi connectivity index (χ0n) is 10.4. The lowest BCUT2D eigenvalue weighted by atomic mass is 10.2. The number of sulfonamides is 1. The molecule has 2 aromatic rings. The molecule has 0 bridgehead atoms. The van der Waals surface area contributed by atoms with Crippen molar-refractivity contribution in [3.63, 3.8) is 0 Å². The first-order chi connectivity index (χ1) is 9.29. The van der Waals surface area contributed by atoms with Gasteiger partial charge in [0.1, 0.15) is 11.6 Å². The molecule has 0 aromatic heterocycles. The number of anilines is 1. The molecule has 20 heavy (non-hydrogen) atoms. The van der Waals surface area contributed by atoms with Crippen LogP contribution in [0.15, 0.2) is 41.3 Å². The van der Waals surface area contributed by atoms with Crippen molar-refractivity contribution in [2.45, 2.75) is 11.8 Å². The summed E-state index contributed by atoms with van der Waals surface area (Å²) in [4.78, 5) is -0.0618. The highest BCUT2D eigenvalue weighted by Gasteiger charge is 2.18. The Morgan fingerprint density at radius 1 is 1.20 bits per heavy atom. The lowest BCUT2D eigenvalue weighted by Crippen LogP contribution is -2.14. The largest absolute Gasteiger partial charge is 0.506 e. The van der Waals surface area contributed by atoms with E-state index in [2.05, 4.69) is 4.72 Å². The summed E-state index contributed by atoms with van der Waals surface area (Å²) in [5, 5.41) is 9.92. The molecular weight excluding hydrogens is 305 g/mol. The average molecular weight is 316 g/mol. The van der Waals surface area contributed by atoms with Gasteiger partial charge in [-0.05, 0) is 42.8 Å². The molecule has 0 amide bonds. The standard InChI is InChI=1S/C13H11ClFNO3S/c1-8-6-10(15)3-5-13(8)20(18,19)16-11-4-2-9(14)7-12(11)17/h2-7,16-17H,1H3. The average Bonchev–Trinajstić information content (AvgIpc) is 2.32. The maximum atomic E-state index is 13.0. The first-order valence-electron chi connectivity index (χ1n) is 5.57. The second kappa shape index (κ2) is 5.30. The van der Waals surface area contributed by atoms with Crippen LogP contribution in [0.5, 0.6) is 5.75 Å². The fourth-order valence-electron chi connectivity index (χ4n) is 1.71. The second-order valence-corrected chi connectivity index (χ2v) is 6.26. The molecule has 0 spiro atoms. The van der Waals surface area contributed by atoms with E-state index in [4.69, 9.17) is 11.6 Å². The number of phenols is 1. The predicted molar refractivity (Wildman–Crippen MR) is 75.1 cm³/mol. The van der Waals surface area contributed by atoms with Crippen molar-refractivity contribution < 1.29 is 17.9 Å². The summed E-state index contributed by atoms with van der Waals surface area (Å²) < 4.78 is 39.6. The summed E-state index contributed by atoms with van der Waals surface area (Å²) in [5.41, 5.74) is 0.268. The van der Waals surface area contributed by atoms with Gasteiger partial charge >= 0.3 is 0 Å². The van der Waals surface area contributed by atoms with Gasteiger partial charge in [0, 0.05) is 11.1 Å². The van der Waals surface area contributed by atoms with E-state index in [-0.39, 0.29) is 26.9 Å². The van der Waals surface area contributed by atoms with Gasteiger partial charge in [0.2, 0.25) is 0 Å². The summed E-state index contributed by atoms with van der Waals surface area (Å²) in [7, 11) is -3.92. The molecule has 0 saturated carbocycles.